The van der Waals surface area contributed by atoms with Gasteiger partial charge >= 0.3 is 0 Å². The number of aryl methyl sites for hydroxylation is 1. The number of aromatic nitrogens is 5. The van der Waals surface area contributed by atoms with Crippen LogP contribution in [-0.2, 0) is 6.42 Å². The first-order chi connectivity index (χ1) is 15.2. The third-order valence-electron chi connectivity index (χ3n) is 5.27. The first-order valence-corrected chi connectivity index (χ1v) is 9.90. The molecule has 1 aliphatic carbocycles. The van der Waals surface area contributed by atoms with Gasteiger partial charge in [-0.2, -0.15) is 5.10 Å². The Morgan fingerprint density at radius 3 is 2.58 bits per heavy atom. The lowest BCUT2D eigenvalue weighted by molar-refractivity contribution is 0.0990. The van der Waals surface area contributed by atoms with E-state index in [1.54, 1.807) is 12.4 Å². The van der Waals surface area contributed by atoms with Crippen molar-refractivity contribution < 1.29 is 4.79 Å². The molecule has 0 radical (unpaired) electrons. The van der Waals surface area contributed by atoms with Crippen LogP contribution in [0.2, 0.25) is 0 Å². The summed E-state index contributed by atoms with van der Waals surface area (Å²) in [7, 11) is 0. The number of amides is 1. The number of carbonyl (C=O) groups is 1. The fourth-order valence-electron chi connectivity index (χ4n) is 3.77. The van der Waals surface area contributed by atoms with Crippen molar-refractivity contribution in [2.75, 3.05) is 0 Å². The van der Waals surface area contributed by atoms with E-state index < -0.39 is 5.91 Å². The Balaban J connectivity index is 1.40. The molecule has 0 fully saturated rings. The van der Waals surface area contributed by atoms with Crippen LogP contribution in [0.4, 0.5) is 0 Å². The van der Waals surface area contributed by atoms with Gasteiger partial charge in [-0.15, -0.1) is 0 Å². The first kappa shape index (κ1) is 18.7. The molecule has 31 heavy (non-hydrogen) atoms. The molecule has 0 saturated heterocycles. The van der Waals surface area contributed by atoms with Crippen LogP contribution in [0.15, 0.2) is 67.4 Å². The van der Waals surface area contributed by atoms with Gasteiger partial charge in [-0.25, -0.2) is 14.6 Å². The molecule has 0 aliphatic heterocycles. The Bertz CT molecular complexity index is 1320. The lowest BCUT2D eigenvalue weighted by Crippen LogP contribution is -2.14. The maximum atomic E-state index is 11.1. The van der Waals surface area contributed by atoms with E-state index in [1.807, 2.05) is 16.8 Å². The molecule has 1 amide bonds. The molecule has 3 aromatic heterocycles. The number of nitrogens with zero attached hydrogens (tertiary/aromatic N) is 5. The number of carbonyl (C=O) groups excluding carboxylic acids is 1. The highest BCUT2D eigenvalue weighted by atomic mass is 16.1. The second-order valence-electron chi connectivity index (χ2n) is 7.33. The van der Waals surface area contributed by atoms with Gasteiger partial charge in [0, 0.05) is 36.3 Å². The van der Waals surface area contributed by atoms with Crippen LogP contribution in [0.25, 0.3) is 5.69 Å². The van der Waals surface area contributed by atoms with Crippen molar-refractivity contribution >= 4 is 5.91 Å². The van der Waals surface area contributed by atoms with Gasteiger partial charge in [-0.1, -0.05) is 42.2 Å². The molecule has 4 aromatic rings. The second kappa shape index (κ2) is 7.84. The summed E-state index contributed by atoms with van der Waals surface area (Å²) in [5.74, 6) is 5.66. The number of pyridine rings is 1. The molecule has 5 rings (SSSR count). The van der Waals surface area contributed by atoms with Gasteiger partial charge in [0.15, 0.2) is 0 Å². The topological polar surface area (TPSA) is 99.6 Å². The normalized spacial score (nSPS) is 14.5. The van der Waals surface area contributed by atoms with Crippen LogP contribution in [0.5, 0.6) is 0 Å². The number of benzene rings is 1. The van der Waals surface area contributed by atoms with E-state index in [4.69, 9.17) is 10.8 Å². The molecule has 7 heteroatoms. The summed E-state index contributed by atoms with van der Waals surface area (Å²) in [6.45, 7) is 0. The molecule has 3 heterocycles. The monoisotopic (exact) mass is 406 g/mol. The molecular formula is C24H18N6O. The second-order valence-corrected chi connectivity index (χ2v) is 7.33. The van der Waals surface area contributed by atoms with Crippen molar-refractivity contribution in [3.63, 3.8) is 0 Å². The van der Waals surface area contributed by atoms with Gasteiger partial charge in [0.1, 0.15) is 0 Å². The summed E-state index contributed by atoms with van der Waals surface area (Å²) in [5, 5.41) is 4.87. The molecule has 2 N–H and O–H groups in total. The van der Waals surface area contributed by atoms with Crippen LogP contribution in [0, 0.1) is 11.8 Å². The lowest BCUT2D eigenvalue weighted by Gasteiger charge is -2.09. The van der Waals surface area contributed by atoms with E-state index in [0.717, 1.165) is 29.8 Å². The highest BCUT2D eigenvalue weighted by Crippen LogP contribution is 2.37. The Kier molecular flexibility index (Phi) is 4.73. The van der Waals surface area contributed by atoms with Gasteiger partial charge in [0.2, 0.25) is 5.82 Å². The van der Waals surface area contributed by atoms with Gasteiger partial charge in [0.05, 0.1) is 23.1 Å². The zero-order chi connectivity index (χ0) is 21.2. The van der Waals surface area contributed by atoms with E-state index in [1.165, 1.54) is 23.5 Å². The number of rotatable bonds is 3. The van der Waals surface area contributed by atoms with E-state index in [2.05, 4.69) is 57.3 Å². The average molecular weight is 406 g/mol. The van der Waals surface area contributed by atoms with Crippen molar-refractivity contribution in [1.82, 2.24) is 24.7 Å². The van der Waals surface area contributed by atoms with Gasteiger partial charge < -0.3 is 5.73 Å². The summed E-state index contributed by atoms with van der Waals surface area (Å²) in [6, 6.07) is 12.4. The summed E-state index contributed by atoms with van der Waals surface area (Å²) < 4.78 is 1.88. The fraction of sp³-hybridized carbons (Fsp3) is 0.125. The highest BCUT2D eigenvalue weighted by molar-refractivity contribution is 5.88. The van der Waals surface area contributed by atoms with Crippen molar-refractivity contribution in [3.8, 4) is 17.5 Å². The lowest BCUT2D eigenvalue weighted by atomic mass is 9.97. The predicted molar refractivity (Wildman–Crippen MR) is 114 cm³/mol. The minimum Gasteiger partial charge on any atom is -0.363 e. The highest BCUT2D eigenvalue weighted by Gasteiger charge is 2.27. The molecule has 1 aliphatic rings. The number of hydrogen-bond donors (Lipinski definition) is 1. The minimum atomic E-state index is -0.669. The Labute approximate surface area is 179 Å². The number of fused-ring (bicyclic) bond motifs is 1. The maximum absolute atomic E-state index is 11.1. The Morgan fingerprint density at radius 2 is 1.81 bits per heavy atom. The molecule has 0 bridgehead atoms. The quantitative estimate of drug-likeness (QED) is 0.527. The van der Waals surface area contributed by atoms with Crippen molar-refractivity contribution in [1.29, 1.82) is 0 Å². The molecule has 7 nitrogen and oxygen atoms in total. The number of hydrogen-bond acceptors (Lipinski definition) is 5. The summed E-state index contributed by atoms with van der Waals surface area (Å²) in [5.41, 5.74) is 11.0. The third kappa shape index (κ3) is 3.79. The van der Waals surface area contributed by atoms with E-state index in [9.17, 15) is 4.79 Å². The summed E-state index contributed by atoms with van der Waals surface area (Å²) in [6.07, 6.45) is 10.6. The third-order valence-corrected chi connectivity index (χ3v) is 5.27. The zero-order valence-corrected chi connectivity index (χ0v) is 16.6. The van der Waals surface area contributed by atoms with E-state index in [0.29, 0.717) is 11.5 Å². The van der Waals surface area contributed by atoms with Gasteiger partial charge in [0.25, 0.3) is 5.91 Å². The first-order valence-electron chi connectivity index (χ1n) is 9.90. The largest absolute Gasteiger partial charge is 0.363 e. The van der Waals surface area contributed by atoms with Gasteiger partial charge in [-0.3, -0.25) is 9.78 Å². The number of primary amides is 1. The van der Waals surface area contributed by atoms with Crippen LogP contribution in [0.1, 0.15) is 50.9 Å². The van der Waals surface area contributed by atoms with Crippen LogP contribution in [-0.4, -0.2) is 30.6 Å². The van der Waals surface area contributed by atoms with Crippen molar-refractivity contribution in [2.45, 2.75) is 18.8 Å². The molecule has 0 saturated carbocycles. The van der Waals surface area contributed by atoms with E-state index in [-0.39, 0.29) is 5.82 Å². The molecular weight excluding hydrogens is 388 g/mol. The zero-order valence-electron chi connectivity index (χ0n) is 16.6. The molecule has 150 valence electrons. The number of nitrogens with two attached hydrogens (primary N) is 1. The van der Waals surface area contributed by atoms with Crippen molar-refractivity contribution in [3.05, 3.63) is 101 Å². The fourth-order valence-corrected chi connectivity index (χ4v) is 3.77. The summed E-state index contributed by atoms with van der Waals surface area (Å²) >= 11 is 0. The molecule has 1 aromatic carbocycles. The Hall–Kier alpha value is -4.31. The van der Waals surface area contributed by atoms with Crippen molar-refractivity contribution in [2.24, 2.45) is 5.73 Å². The smallest absolute Gasteiger partial charge is 0.286 e. The van der Waals surface area contributed by atoms with Crippen LogP contribution >= 0.6 is 0 Å². The van der Waals surface area contributed by atoms with Gasteiger partial charge in [-0.05, 0) is 30.0 Å². The molecule has 1 unspecified atom stereocenters. The predicted octanol–water partition coefficient (Wildman–Crippen LogP) is 2.63. The van der Waals surface area contributed by atoms with Crippen LogP contribution in [0.3, 0.4) is 0 Å². The average Bonchev–Trinajstić information content (AvgIpc) is 3.40. The van der Waals surface area contributed by atoms with Crippen LogP contribution < -0.4 is 5.73 Å². The maximum Gasteiger partial charge on any atom is 0.286 e. The minimum absolute atomic E-state index is 0.0326. The standard InChI is InChI=1S/C24H18N6O/c25-23(31)24-27-12-17(13-28-24)7-6-16-10-20(14-26-11-16)30-15-19-8-9-21(22(19)29-30)18-4-2-1-3-5-18/h1-5,10-15,21H,8-9H2,(H2,25,31). The molecule has 1 atom stereocenters. The molecule has 0 spiro atoms. The van der Waals surface area contributed by atoms with E-state index >= 15 is 0 Å². The summed E-state index contributed by atoms with van der Waals surface area (Å²) in [4.78, 5) is 23.2. The SMILES string of the molecule is NC(=O)c1ncc(C#Cc2cncc(-n3cc4c(n3)C(c3ccccc3)CC4)c2)cn1. The Morgan fingerprint density at radius 1 is 1.03 bits per heavy atom.